The first-order valence-corrected chi connectivity index (χ1v) is 8.88. The lowest BCUT2D eigenvalue weighted by atomic mass is 10.2. The molecule has 0 unspecified atom stereocenters. The molecule has 0 saturated carbocycles. The monoisotopic (exact) mass is 391 g/mol. The van der Waals surface area contributed by atoms with Gasteiger partial charge in [0.2, 0.25) is 11.6 Å². The number of carbonyl (C=O) groups is 1. The predicted octanol–water partition coefficient (Wildman–Crippen LogP) is 1.76. The molecule has 0 bridgehead atoms. The van der Waals surface area contributed by atoms with Gasteiger partial charge in [-0.05, 0) is 18.2 Å². The molecule has 0 aliphatic carbocycles. The lowest BCUT2D eigenvalue weighted by Gasteiger charge is -2.25. The highest BCUT2D eigenvalue weighted by molar-refractivity contribution is 5.93. The van der Waals surface area contributed by atoms with E-state index in [9.17, 15) is 4.79 Å². The van der Waals surface area contributed by atoms with E-state index in [-0.39, 0.29) is 11.6 Å². The summed E-state index contributed by atoms with van der Waals surface area (Å²) in [5.74, 6) is 0.594. The highest BCUT2D eigenvalue weighted by Gasteiger charge is 2.24. The van der Waals surface area contributed by atoms with Gasteiger partial charge in [0, 0.05) is 25.4 Å². The standard InChI is InChI=1S/C19H17N7O3/c1-20-13-3-4-14(21-12-13)16-11-15(19(27)25-7-9-29-10-8-25)24-26(16)17-5-6-18(28-2)23-22-17/h3-6,11-12H,7-10H2,2H3. The zero-order valence-electron chi connectivity index (χ0n) is 15.6. The van der Waals surface area contributed by atoms with Crippen molar-refractivity contribution >= 4 is 11.6 Å². The second-order valence-corrected chi connectivity index (χ2v) is 6.18. The van der Waals surface area contributed by atoms with Gasteiger partial charge in [-0.2, -0.15) is 5.10 Å². The van der Waals surface area contributed by atoms with Crippen LogP contribution in [0.5, 0.6) is 5.88 Å². The van der Waals surface area contributed by atoms with E-state index >= 15 is 0 Å². The number of nitrogens with zero attached hydrogens (tertiary/aromatic N) is 7. The molecule has 4 heterocycles. The fourth-order valence-corrected chi connectivity index (χ4v) is 2.91. The van der Waals surface area contributed by atoms with E-state index < -0.39 is 0 Å². The van der Waals surface area contributed by atoms with Crippen LogP contribution in [0.4, 0.5) is 5.69 Å². The Morgan fingerprint density at radius 3 is 2.66 bits per heavy atom. The number of methoxy groups -OCH3 is 1. The van der Waals surface area contributed by atoms with Gasteiger partial charge in [-0.3, -0.25) is 9.78 Å². The van der Waals surface area contributed by atoms with Gasteiger partial charge in [0.1, 0.15) is 0 Å². The van der Waals surface area contributed by atoms with Gasteiger partial charge in [-0.15, -0.1) is 10.2 Å². The predicted molar refractivity (Wildman–Crippen MR) is 102 cm³/mol. The third kappa shape index (κ3) is 3.76. The van der Waals surface area contributed by atoms with E-state index in [4.69, 9.17) is 16.0 Å². The molecule has 3 aromatic rings. The van der Waals surface area contributed by atoms with Gasteiger partial charge in [0.05, 0.1) is 38.3 Å². The molecule has 1 aliphatic rings. The summed E-state index contributed by atoms with van der Waals surface area (Å²) >= 11 is 0. The second kappa shape index (κ2) is 8.04. The molecule has 29 heavy (non-hydrogen) atoms. The SMILES string of the molecule is [C-]#[N+]c1ccc(-c2cc(C(=O)N3CCOCC3)nn2-c2ccc(OC)nn2)nc1. The average Bonchev–Trinajstić information content (AvgIpc) is 3.24. The van der Waals surface area contributed by atoms with Crippen LogP contribution >= 0.6 is 0 Å². The van der Waals surface area contributed by atoms with Crippen LogP contribution in [0.1, 0.15) is 10.5 Å². The summed E-state index contributed by atoms with van der Waals surface area (Å²) in [7, 11) is 1.50. The van der Waals surface area contributed by atoms with Crippen LogP contribution in [-0.4, -0.2) is 69.2 Å². The van der Waals surface area contributed by atoms with Crippen molar-refractivity contribution in [3.63, 3.8) is 0 Å². The molecular formula is C19H17N7O3. The number of amides is 1. The van der Waals surface area contributed by atoms with Crippen molar-refractivity contribution in [2.24, 2.45) is 0 Å². The quantitative estimate of drug-likeness (QED) is 0.625. The number of hydrogen-bond donors (Lipinski definition) is 0. The lowest BCUT2D eigenvalue weighted by Crippen LogP contribution is -2.40. The maximum atomic E-state index is 12.9. The van der Waals surface area contributed by atoms with E-state index in [1.165, 1.54) is 18.0 Å². The Morgan fingerprint density at radius 2 is 2.03 bits per heavy atom. The molecule has 10 nitrogen and oxygen atoms in total. The van der Waals surface area contributed by atoms with Crippen molar-refractivity contribution in [1.82, 2.24) is 29.9 Å². The molecule has 4 rings (SSSR count). The molecule has 0 spiro atoms. The van der Waals surface area contributed by atoms with Crippen molar-refractivity contribution in [2.45, 2.75) is 0 Å². The van der Waals surface area contributed by atoms with Gasteiger partial charge >= 0.3 is 0 Å². The van der Waals surface area contributed by atoms with Crippen LogP contribution in [0.25, 0.3) is 22.1 Å². The van der Waals surface area contributed by atoms with E-state index in [2.05, 4.69) is 25.1 Å². The first-order valence-electron chi connectivity index (χ1n) is 8.88. The van der Waals surface area contributed by atoms with Gasteiger partial charge in [-0.25, -0.2) is 9.53 Å². The summed E-state index contributed by atoms with van der Waals surface area (Å²) in [6.45, 7) is 9.12. The summed E-state index contributed by atoms with van der Waals surface area (Å²) in [6, 6.07) is 8.39. The number of morpholine rings is 1. The normalized spacial score (nSPS) is 13.7. The summed E-state index contributed by atoms with van der Waals surface area (Å²) in [5, 5.41) is 12.6. The highest BCUT2D eigenvalue weighted by Crippen LogP contribution is 2.24. The Hall–Kier alpha value is -3.84. The van der Waals surface area contributed by atoms with Crippen LogP contribution < -0.4 is 4.74 Å². The van der Waals surface area contributed by atoms with Crippen LogP contribution in [0, 0.1) is 6.57 Å². The molecule has 0 atom stereocenters. The Balaban J connectivity index is 1.76. The van der Waals surface area contributed by atoms with E-state index in [1.54, 1.807) is 35.2 Å². The molecule has 0 radical (unpaired) electrons. The van der Waals surface area contributed by atoms with Crippen molar-refractivity contribution in [3.05, 3.63) is 53.6 Å². The fourth-order valence-electron chi connectivity index (χ4n) is 2.91. The van der Waals surface area contributed by atoms with Crippen LogP contribution in [0.2, 0.25) is 0 Å². The Morgan fingerprint density at radius 1 is 1.21 bits per heavy atom. The minimum atomic E-state index is -0.187. The molecule has 3 aromatic heterocycles. The number of rotatable bonds is 4. The van der Waals surface area contributed by atoms with Gasteiger partial charge < -0.3 is 14.4 Å². The van der Waals surface area contributed by atoms with Gasteiger partial charge in [0.25, 0.3) is 5.91 Å². The molecular weight excluding hydrogens is 374 g/mol. The van der Waals surface area contributed by atoms with Crippen LogP contribution in [0.15, 0.2) is 36.5 Å². The van der Waals surface area contributed by atoms with Crippen molar-refractivity contribution in [1.29, 1.82) is 0 Å². The molecule has 1 saturated heterocycles. The summed E-state index contributed by atoms with van der Waals surface area (Å²) < 4.78 is 11.9. The Bertz CT molecular complexity index is 1050. The van der Waals surface area contributed by atoms with E-state index in [1.807, 2.05) is 0 Å². The third-order valence-corrected chi connectivity index (χ3v) is 4.42. The molecule has 0 aromatic carbocycles. The summed E-state index contributed by atoms with van der Waals surface area (Å²) in [5.41, 5.74) is 1.82. The third-order valence-electron chi connectivity index (χ3n) is 4.42. The number of pyridine rings is 1. The first kappa shape index (κ1) is 18.5. The summed E-state index contributed by atoms with van der Waals surface area (Å²) in [6.07, 6.45) is 1.48. The number of aromatic nitrogens is 5. The van der Waals surface area contributed by atoms with E-state index in [0.717, 1.165) is 0 Å². The maximum absolute atomic E-state index is 12.9. The fraction of sp³-hybridized carbons (Fsp3) is 0.263. The molecule has 0 N–H and O–H groups in total. The van der Waals surface area contributed by atoms with Crippen molar-refractivity contribution in [3.8, 4) is 23.1 Å². The minimum absolute atomic E-state index is 0.187. The van der Waals surface area contributed by atoms with E-state index in [0.29, 0.717) is 55.1 Å². The molecule has 1 aliphatic heterocycles. The zero-order chi connectivity index (χ0) is 20.2. The molecule has 1 amide bonds. The van der Waals surface area contributed by atoms with Crippen molar-refractivity contribution in [2.75, 3.05) is 33.4 Å². The molecule has 146 valence electrons. The Kier molecular flexibility index (Phi) is 5.13. The highest BCUT2D eigenvalue weighted by atomic mass is 16.5. The minimum Gasteiger partial charge on any atom is -0.480 e. The maximum Gasteiger partial charge on any atom is 0.274 e. The molecule has 10 heteroatoms. The van der Waals surface area contributed by atoms with Crippen LogP contribution in [0.3, 0.4) is 0 Å². The number of ether oxygens (including phenoxy) is 2. The van der Waals surface area contributed by atoms with Gasteiger partial charge in [-0.1, -0.05) is 6.07 Å². The largest absolute Gasteiger partial charge is 0.480 e. The Labute approximate surface area is 166 Å². The smallest absolute Gasteiger partial charge is 0.274 e. The lowest BCUT2D eigenvalue weighted by molar-refractivity contribution is 0.0298. The first-order chi connectivity index (χ1) is 14.2. The average molecular weight is 391 g/mol. The van der Waals surface area contributed by atoms with Crippen molar-refractivity contribution < 1.29 is 14.3 Å². The topological polar surface area (TPSA) is 99.6 Å². The van der Waals surface area contributed by atoms with Crippen LogP contribution in [-0.2, 0) is 4.74 Å². The second-order valence-electron chi connectivity index (χ2n) is 6.18. The van der Waals surface area contributed by atoms with Gasteiger partial charge in [0.15, 0.2) is 11.5 Å². The summed E-state index contributed by atoms with van der Waals surface area (Å²) in [4.78, 5) is 22.3. The zero-order valence-corrected chi connectivity index (χ0v) is 15.6. The number of carbonyl (C=O) groups excluding carboxylic acids is 1. The number of hydrogen-bond acceptors (Lipinski definition) is 7. The molecule has 1 fully saturated rings.